The summed E-state index contributed by atoms with van der Waals surface area (Å²) in [4.78, 5) is 21.4. The zero-order valence-corrected chi connectivity index (χ0v) is 31.7. The molecule has 1 unspecified atom stereocenters. The Morgan fingerprint density at radius 1 is 0.571 bits per heavy atom. The van der Waals surface area contributed by atoms with Gasteiger partial charge in [0.1, 0.15) is 17.8 Å². The quantitative estimate of drug-likeness (QED) is 0.103. The van der Waals surface area contributed by atoms with Gasteiger partial charge in [0.2, 0.25) is 0 Å². The number of amides is 1. The smallest absolute Gasteiger partial charge is 0.254 e. The third-order valence-electron chi connectivity index (χ3n) is 9.92. The van der Waals surface area contributed by atoms with Gasteiger partial charge in [0.25, 0.3) is 5.91 Å². The van der Waals surface area contributed by atoms with Crippen molar-refractivity contribution in [1.29, 1.82) is 0 Å². The topological polar surface area (TPSA) is 30.0 Å². The maximum Gasteiger partial charge on any atom is 0.254 e. The fourth-order valence-electron chi connectivity index (χ4n) is 7.10. The first kappa shape index (κ1) is 40.3. The first-order chi connectivity index (χ1) is 23.8. The monoisotopic (exact) mass is 681 g/mol. The number of carbonyl (C=O) groups excluding carboxylic acids is 1. The molecule has 0 saturated heterocycles. The molecule has 0 aromatic heterocycles. The lowest BCUT2D eigenvalue weighted by molar-refractivity contribution is -0.114. The Balaban J connectivity index is 1.84. The maximum absolute atomic E-state index is 16.0. The molecule has 1 heterocycles. The number of rotatable bonds is 24. The van der Waals surface area contributed by atoms with Crippen LogP contribution in [0.15, 0.2) is 48.2 Å². The van der Waals surface area contributed by atoms with Gasteiger partial charge in [-0.1, -0.05) is 105 Å². The number of nitrogens with zero attached hydrogens (tertiary/aromatic N) is 4. The predicted octanol–water partition coefficient (Wildman–Crippen LogP) is 12.0. The molecule has 0 bridgehead atoms. The highest BCUT2D eigenvalue weighted by molar-refractivity contribution is 6.04. The molecule has 1 aliphatic heterocycles. The molecule has 2 aromatic carbocycles. The zero-order chi connectivity index (χ0) is 35.6. The van der Waals surface area contributed by atoms with Gasteiger partial charge in [0.05, 0.1) is 11.4 Å². The van der Waals surface area contributed by atoms with Crippen molar-refractivity contribution in [2.75, 3.05) is 45.8 Å². The first-order valence-electron chi connectivity index (χ1n) is 19.7. The molecule has 0 saturated carbocycles. The molecular weight excluding hydrogens is 614 g/mol. The van der Waals surface area contributed by atoms with Gasteiger partial charge < -0.3 is 14.7 Å². The van der Waals surface area contributed by atoms with E-state index in [4.69, 9.17) is 0 Å². The Labute approximate surface area is 297 Å². The van der Waals surface area contributed by atoms with Gasteiger partial charge in [0.15, 0.2) is 0 Å². The zero-order valence-electron chi connectivity index (χ0n) is 31.7. The van der Waals surface area contributed by atoms with E-state index < -0.39 is 6.17 Å². The molecule has 1 amide bonds. The molecule has 2 aromatic rings. The molecule has 0 spiro atoms. The molecule has 0 fully saturated rings. The molecule has 0 radical (unpaired) electrons. The minimum atomic E-state index is -0.466. The maximum atomic E-state index is 16.0. The minimum Gasteiger partial charge on any atom is -0.369 e. The molecule has 1 aliphatic rings. The van der Waals surface area contributed by atoms with Crippen molar-refractivity contribution in [2.24, 2.45) is 0 Å². The molecule has 0 aliphatic carbocycles. The van der Waals surface area contributed by atoms with Crippen molar-refractivity contribution in [2.45, 2.75) is 150 Å². The summed E-state index contributed by atoms with van der Waals surface area (Å²) in [6.07, 6.45) is 19.3. The van der Waals surface area contributed by atoms with Crippen LogP contribution in [0.4, 0.5) is 31.5 Å². The van der Waals surface area contributed by atoms with Crippen LogP contribution >= 0.6 is 0 Å². The van der Waals surface area contributed by atoms with Crippen LogP contribution in [0.2, 0.25) is 0 Å². The molecule has 3 rings (SSSR count). The van der Waals surface area contributed by atoms with Crippen molar-refractivity contribution in [1.82, 2.24) is 0 Å². The third kappa shape index (κ3) is 12.0. The Bertz CT molecular complexity index is 1270. The molecule has 7 heteroatoms. The number of halogens is 2. The number of benzene rings is 2. The van der Waals surface area contributed by atoms with Crippen molar-refractivity contribution in [3.05, 3.63) is 59.8 Å². The van der Waals surface area contributed by atoms with E-state index in [9.17, 15) is 4.79 Å². The van der Waals surface area contributed by atoms with Crippen LogP contribution in [-0.2, 0) is 4.79 Å². The van der Waals surface area contributed by atoms with Crippen LogP contribution in [-0.4, -0.2) is 38.3 Å². The largest absolute Gasteiger partial charge is 0.369 e. The number of unbranched alkanes of at least 4 members (excludes halogenated alkanes) is 12. The van der Waals surface area contributed by atoms with E-state index in [0.717, 1.165) is 83.2 Å². The molecule has 0 N–H and O–H groups in total. The van der Waals surface area contributed by atoms with Gasteiger partial charge in [-0.3, -0.25) is 9.69 Å². The fourth-order valence-corrected chi connectivity index (χ4v) is 7.10. The normalized spacial score (nSPS) is 14.8. The summed E-state index contributed by atoms with van der Waals surface area (Å²) in [6, 6.07) is 10.7. The molecule has 274 valence electrons. The number of carbonyl (C=O) groups is 1. The standard InChI is InChI=1S/C42H66F2N4O/c1-7-11-15-19-27-45(28-20-16-12-8-2)40-25-23-36(32-38(40)43)47-34(5)31-42(49)48(35(47)6)37-24-26-41(39(44)33-37)46(29-21-17-13-9-3)30-22-18-14-10-4/h23-26,31-33,35H,7-22,27-30H2,1-6H3. The first-order valence-corrected chi connectivity index (χ1v) is 19.7. The van der Waals surface area contributed by atoms with E-state index in [0.29, 0.717) is 22.7 Å². The van der Waals surface area contributed by atoms with Gasteiger partial charge >= 0.3 is 0 Å². The van der Waals surface area contributed by atoms with E-state index in [-0.39, 0.29) is 17.5 Å². The van der Waals surface area contributed by atoms with Gasteiger partial charge in [-0.2, -0.15) is 0 Å². The average Bonchev–Trinajstić information content (AvgIpc) is 3.07. The van der Waals surface area contributed by atoms with Crippen LogP contribution in [0.3, 0.4) is 0 Å². The van der Waals surface area contributed by atoms with Crippen LogP contribution < -0.4 is 19.6 Å². The van der Waals surface area contributed by atoms with Crippen LogP contribution in [0.25, 0.3) is 0 Å². The Morgan fingerprint density at radius 3 is 1.29 bits per heavy atom. The lowest BCUT2D eigenvalue weighted by Gasteiger charge is -2.42. The second kappa shape index (κ2) is 21.9. The third-order valence-corrected chi connectivity index (χ3v) is 9.92. The van der Waals surface area contributed by atoms with Gasteiger partial charge in [0, 0.05) is 49.3 Å². The van der Waals surface area contributed by atoms with Crippen molar-refractivity contribution < 1.29 is 13.6 Å². The minimum absolute atomic E-state index is 0.202. The van der Waals surface area contributed by atoms with E-state index in [2.05, 4.69) is 37.5 Å². The number of hydrogen-bond donors (Lipinski definition) is 0. The lowest BCUT2D eigenvalue weighted by atomic mass is 10.1. The van der Waals surface area contributed by atoms with Gasteiger partial charge in [-0.05, 0) is 75.9 Å². The van der Waals surface area contributed by atoms with Gasteiger partial charge in [-0.15, -0.1) is 0 Å². The van der Waals surface area contributed by atoms with Crippen LogP contribution in [0, 0.1) is 11.6 Å². The van der Waals surface area contributed by atoms with E-state index in [1.54, 1.807) is 17.0 Å². The fraction of sp³-hybridized carbons (Fsp3) is 0.643. The molecular formula is C42H66F2N4O. The Morgan fingerprint density at radius 2 is 0.939 bits per heavy atom. The summed E-state index contributed by atoms with van der Waals surface area (Å²) < 4.78 is 31.9. The van der Waals surface area contributed by atoms with Crippen molar-refractivity contribution in [3.63, 3.8) is 0 Å². The lowest BCUT2D eigenvalue weighted by Crippen LogP contribution is -2.52. The summed E-state index contributed by atoms with van der Waals surface area (Å²) in [5, 5.41) is 0. The summed E-state index contributed by atoms with van der Waals surface area (Å²) in [6.45, 7) is 16.0. The van der Waals surface area contributed by atoms with Crippen molar-refractivity contribution >= 4 is 28.7 Å². The highest BCUT2D eigenvalue weighted by atomic mass is 19.1. The van der Waals surface area contributed by atoms with Crippen molar-refractivity contribution in [3.8, 4) is 0 Å². The molecule has 49 heavy (non-hydrogen) atoms. The summed E-state index contributed by atoms with van der Waals surface area (Å²) in [5.41, 5.74) is 3.16. The van der Waals surface area contributed by atoms with Crippen LogP contribution in [0.1, 0.15) is 144 Å². The number of anilines is 4. The highest BCUT2D eigenvalue weighted by Crippen LogP contribution is 2.35. The second-order valence-electron chi connectivity index (χ2n) is 14.0. The number of hydrogen-bond acceptors (Lipinski definition) is 4. The summed E-state index contributed by atoms with van der Waals surface area (Å²) in [5.74, 6) is -0.762. The van der Waals surface area contributed by atoms with Crippen LogP contribution in [0.5, 0.6) is 0 Å². The molecule has 5 nitrogen and oxygen atoms in total. The van der Waals surface area contributed by atoms with E-state index in [1.807, 2.05) is 43.0 Å². The van der Waals surface area contributed by atoms with Gasteiger partial charge in [-0.25, -0.2) is 8.78 Å². The predicted molar refractivity (Wildman–Crippen MR) is 207 cm³/mol. The van der Waals surface area contributed by atoms with E-state index >= 15 is 8.78 Å². The Hall–Kier alpha value is -3.09. The Kier molecular flexibility index (Phi) is 18.0. The SMILES string of the molecule is CCCCCCN(CCCCCC)c1ccc(N2C(=O)C=C(C)N(c3ccc(N(CCCCCC)CCCCCC)c(F)c3)C2C)cc1F. The second-order valence-corrected chi connectivity index (χ2v) is 14.0. The van der Waals surface area contributed by atoms with E-state index in [1.165, 1.54) is 57.4 Å². The number of allylic oxidation sites excluding steroid dienone is 1. The summed E-state index contributed by atoms with van der Waals surface area (Å²) in [7, 11) is 0. The molecule has 1 atom stereocenters. The average molecular weight is 681 g/mol. The highest BCUT2D eigenvalue weighted by Gasteiger charge is 2.33. The summed E-state index contributed by atoms with van der Waals surface area (Å²) >= 11 is 0.